The zero-order valence-corrected chi connectivity index (χ0v) is 10.4. The number of primary amides is 1. The maximum Gasteiger partial charge on any atom is 0.336 e. The van der Waals surface area contributed by atoms with Gasteiger partial charge in [-0.05, 0) is 24.6 Å². The number of carbonyl (C=O) groups is 1. The molecule has 0 bridgehead atoms. The maximum absolute atomic E-state index is 11.3. The van der Waals surface area contributed by atoms with Crippen LogP contribution in [0, 0.1) is 6.92 Å². The summed E-state index contributed by atoms with van der Waals surface area (Å²) in [7, 11) is 0. The smallest absolute Gasteiger partial charge is 0.336 e. The van der Waals surface area contributed by atoms with Crippen LogP contribution in [0.1, 0.15) is 5.56 Å². The summed E-state index contributed by atoms with van der Waals surface area (Å²) in [6.45, 7) is 1.79. The molecule has 2 aromatic rings. The van der Waals surface area contributed by atoms with Crippen LogP contribution in [0.2, 0.25) is 0 Å². The second-order valence-corrected chi connectivity index (χ2v) is 4.23. The summed E-state index contributed by atoms with van der Waals surface area (Å²) >= 11 is 0. The minimum absolute atomic E-state index is 0.0309. The Morgan fingerprint density at radius 3 is 2.84 bits per heavy atom. The lowest BCUT2D eigenvalue weighted by Gasteiger charge is -2.10. The second-order valence-electron chi connectivity index (χ2n) is 4.23. The van der Waals surface area contributed by atoms with Crippen LogP contribution < -0.4 is 21.8 Å². The van der Waals surface area contributed by atoms with Gasteiger partial charge in [0.1, 0.15) is 24.0 Å². The highest BCUT2D eigenvalue weighted by atomic mass is 16.5. The van der Waals surface area contributed by atoms with Crippen molar-refractivity contribution in [3.63, 3.8) is 0 Å². The van der Waals surface area contributed by atoms with E-state index in [1.54, 1.807) is 18.2 Å². The average molecular weight is 262 g/mol. The molecular formula is C13H14N2O4. The fourth-order valence-corrected chi connectivity index (χ4v) is 1.66. The van der Waals surface area contributed by atoms with E-state index in [1.807, 2.05) is 6.92 Å². The third-order valence-corrected chi connectivity index (χ3v) is 2.72. The molecule has 6 heteroatoms. The molecular weight excluding hydrogens is 248 g/mol. The Morgan fingerprint density at radius 1 is 1.42 bits per heavy atom. The molecule has 1 heterocycles. The van der Waals surface area contributed by atoms with E-state index in [0.717, 1.165) is 10.9 Å². The van der Waals surface area contributed by atoms with Crippen LogP contribution >= 0.6 is 0 Å². The fraction of sp³-hybridized carbons (Fsp3) is 0.231. The second kappa shape index (κ2) is 5.11. The normalized spacial score (nSPS) is 12.3. The van der Waals surface area contributed by atoms with E-state index in [9.17, 15) is 9.59 Å². The molecule has 0 aliphatic heterocycles. The molecule has 19 heavy (non-hydrogen) atoms. The molecule has 6 nitrogen and oxygen atoms in total. The Kier molecular flexibility index (Phi) is 3.52. The Labute approximate surface area is 108 Å². The summed E-state index contributed by atoms with van der Waals surface area (Å²) in [5.74, 6) is -0.180. The summed E-state index contributed by atoms with van der Waals surface area (Å²) in [6.07, 6.45) is 0. The van der Waals surface area contributed by atoms with Gasteiger partial charge in [-0.3, -0.25) is 4.79 Å². The van der Waals surface area contributed by atoms with Crippen molar-refractivity contribution >= 4 is 16.9 Å². The van der Waals surface area contributed by atoms with Gasteiger partial charge in [-0.15, -0.1) is 0 Å². The highest BCUT2D eigenvalue weighted by molar-refractivity contribution is 5.81. The van der Waals surface area contributed by atoms with Gasteiger partial charge < -0.3 is 20.6 Å². The molecule has 0 saturated carbocycles. The van der Waals surface area contributed by atoms with Gasteiger partial charge in [0.15, 0.2) is 0 Å². The van der Waals surface area contributed by atoms with Crippen molar-refractivity contribution in [1.29, 1.82) is 0 Å². The van der Waals surface area contributed by atoms with Gasteiger partial charge in [0.05, 0.1) is 0 Å². The molecule has 0 radical (unpaired) electrons. The van der Waals surface area contributed by atoms with Gasteiger partial charge >= 0.3 is 5.63 Å². The quantitative estimate of drug-likeness (QED) is 0.770. The molecule has 1 unspecified atom stereocenters. The molecule has 1 aromatic heterocycles. The predicted molar refractivity (Wildman–Crippen MR) is 69.9 cm³/mol. The van der Waals surface area contributed by atoms with Crippen LogP contribution in [-0.4, -0.2) is 18.6 Å². The summed E-state index contributed by atoms with van der Waals surface area (Å²) in [5, 5.41) is 0.825. The lowest BCUT2D eigenvalue weighted by molar-refractivity contribution is -0.119. The van der Waals surface area contributed by atoms with Crippen LogP contribution in [0.5, 0.6) is 5.75 Å². The number of hydrogen-bond donors (Lipinski definition) is 2. The van der Waals surface area contributed by atoms with Crippen molar-refractivity contribution in [3.8, 4) is 5.75 Å². The third-order valence-electron chi connectivity index (χ3n) is 2.72. The van der Waals surface area contributed by atoms with Gasteiger partial charge in [0.2, 0.25) is 5.91 Å². The molecule has 100 valence electrons. The number of amides is 1. The first-order valence-corrected chi connectivity index (χ1v) is 5.69. The highest BCUT2D eigenvalue weighted by Crippen LogP contribution is 2.22. The molecule has 0 fully saturated rings. The van der Waals surface area contributed by atoms with Crippen LogP contribution in [-0.2, 0) is 4.79 Å². The van der Waals surface area contributed by atoms with Gasteiger partial charge in [-0.2, -0.15) is 0 Å². The molecule has 1 atom stereocenters. The Morgan fingerprint density at radius 2 is 2.16 bits per heavy atom. The lowest BCUT2D eigenvalue weighted by Crippen LogP contribution is -2.41. The van der Waals surface area contributed by atoms with Gasteiger partial charge in [-0.1, -0.05) is 0 Å². The molecule has 1 aromatic carbocycles. The van der Waals surface area contributed by atoms with Crippen molar-refractivity contribution in [1.82, 2.24) is 0 Å². The first-order valence-electron chi connectivity index (χ1n) is 5.69. The van der Waals surface area contributed by atoms with Crippen LogP contribution in [0.4, 0.5) is 0 Å². The molecule has 1 amide bonds. The summed E-state index contributed by atoms with van der Waals surface area (Å²) in [4.78, 5) is 22.1. The lowest BCUT2D eigenvalue weighted by atomic mass is 10.1. The molecule has 4 N–H and O–H groups in total. The molecule has 0 aliphatic rings. The number of nitrogens with two attached hydrogens (primary N) is 2. The van der Waals surface area contributed by atoms with E-state index in [2.05, 4.69) is 0 Å². The van der Waals surface area contributed by atoms with Gasteiger partial charge in [0.25, 0.3) is 0 Å². The Balaban J connectivity index is 2.27. The molecule has 0 saturated heterocycles. The summed E-state index contributed by atoms with van der Waals surface area (Å²) < 4.78 is 10.4. The number of ether oxygens (including phenoxy) is 1. The van der Waals surface area contributed by atoms with Gasteiger partial charge in [0, 0.05) is 17.5 Å². The number of hydrogen-bond acceptors (Lipinski definition) is 5. The van der Waals surface area contributed by atoms with E-state index in [1.165, 1.54) is 6.07 Å². The van der Waals surface area contributed by atoms with Crippen LogP contribution in [0.25, 0.3) is 11.0 Å². The van der Waals surface area contributed by atoms with E-state index < -0.39 is 17.6 Å². The molecule has 0 aliphatic carbocycles. The monoisotopic (exact) mass is 262 g/mol. The van der Waals surface area contributed by atoms with Crippen LogP contribution in [0.15, 0.2) is 33.5 Å². The number of rotatable bonds is 4. The topological polar surface area (TPSA) is 109 Å². The number of fused-ring (bicyclic) bond motifs is 1. The van der Waals surface area contributed by atoms with Crippen LogP contribution in [0.3, 0.4) is 0 Å². The zero-order valence-electron chi connectivity index (χ0n) is 10.4. The SMILES string of the molecule is Cc1cc(=O)oc2cc(OCC(N)C(N)=O)ccc12. The van der Waals surface area contributed by atoms with Gasteiger partial charge in [-0.25, -0.2) is 4.79 Å². The number of benzene rings is 1. The standard InChI is InChI=1S/C13H14N2O4/c1-7-4-12(16)19-11-5-8(2-3-9(7)11)18-6-10(14)13(15)17/h2-5,10H,6,14H2,1H3,(H2,15,17). The van der Waals surface area contributed by atoms with Crippen molar-refractivity contribution in [3.05, 3.63) is 40.2 Å². The number of carbonyl (C=O) groups excluding carboxylic acids is 1. The first-order chi connectivity index (χ1) is 8.97. The highest BCUT2D eigenvalue weighted by Gasteiger charge is 2.10. The first kappa shape index (κ1) is 13.1. The summed E-state index contributed by atoms with van der Waals surface area (Å²) in [6, 6.07) is 5.62. The van der Waals surface area contributed by atoms with E-state index in [4.69, 9.17) is 20.6 Å². The maximum atomic E-state index is 11.3. The molecule has 2 rings (SSSR count). The van der Waals surface area contributed by atoms with E-state index in [-0.39, 0.29) is 6.61 Å². The average Bonchev–Trinajstić information content (AvgIpc) is 2.35. The largest absolute Gasteiger partial charge is 0.491 e. The minimum Gasteiger partial charge on any atom is -0.491 e. The predicted octanol–water partition coefficient (Wildman–Crippen LogP) is 0.293. The zero-order chi connectivity index (χ0) is 14.0. The Hall–Kier alpha value is -2.34. The summed E-state index contributed by atoms with van der Waals surface area (Å²) in [5.41, 5.74) is 11.3. The van der Waals surface area contributed by atoms with Crippen molar-refractivity contribution in [2.45, 2.75) is 13.0 Å². The number of aryl methyl sites for hydroxylation is 1. The van der Waals surface area contributed by atoms with Crippen molar-refractivity contribution < 1.29 is 13.9 Å². The van der Waals surface area contributed by atoms with E-state index in [0.29, 0.717) is 11.3 Å². The van der Waals surface area contributed by atoms with E-state index >= 15 is 0 Å². The Bertz CT molecular complexity index is 678. The van der Waals surface area contributed by atoms with Crippen molar-refractivity contribution in [2.24, 2.45) is 11.5 Å². The minimum atomic E-state index is -0.875. The van der Waals surface area contributed by atoms with Crippen molar-refractivity contribution in [2.75, 3.05) is 6.61 Å². The fourth-order valence-electron chi connectivity index (χ4n) is 1.66. The molecule has 0 spiro atoms. The third kappa shape index (κ3) is 2.92.